The van der Waals surface area contributed by atoms with Gasteiger partial charge >= 0.3 is 0 Å². The zero-order valence-electron chi connectivity index (χ0n) is 8.50. The number of halogens is 1. The zero-order chi connectivity index (χ0) is 10.5. The highest BCUT2D eigenvalue weighted by Gasteiger charge is 2.56. The van der Waals surface area contributed by atoms with E-state index in [0.717, 1.165) is 30.8 Å². The Bertz CT molecular complexity index is 407. The number of rotatable bonds is 1. The van der Waals surface area contributed by atoms with Crippen molar-refractivity contribution in [3.8, 4) is 5.75 Å². The number of nitrogens with two attached hydrogens (primary N) is 1. The Morgan fingerprint density at radius 2 is 2.40 bits per heavy atom. The summed E-state index contributed by atoms with van der Waals surface area (Å²) in [5, 5.41) is 0. The molecular weight excluding hydrogens is 193 g/mol. The Labute approximate surface area is 88.2 Å². The summed E-state index contributed by atoms with van der Waals surface area (Å²) < 4.78 is 18.7. The minimum absolute atomic E-state index is 0.129. The number of hydrogen-bond acceptors (Lipinski definition) is 2. The highest BCUT2D eigenvalue weighted by atomic mass is 19.1. The molecule has 3 rings (SSSR count). The summed E-state index contributed by atoms with van der Waals surface area (Å²) in [5.74, 6) is 1.18. The van der Waals surface area contributed by atoms with E-state index in [4.69, 9.17) is 10.5 Å². The number of benzene rings is 1. The lowest BCUT2D eigenvalue weighted by Gasteiger charge is -2.26. The molecule has 0 unspecified atom stereocenters. The molecule has 1 heterocycles. The third-order valence-electron chi connectivity index (χ3n) is 3.80. The maximum Gasteiger partial charge on any atom is 0.123 e. The lowest BCUT2D eigenvalue weighted by atomic mass is 9.87. The van der Waals surface area contributed by atoms with Crippen LogP contribution in [0.25, 0.3) is 0 Å². The van der Waals surface area contributed by atoms with E-state index in [-0.39, 0.29) is 11.2 Å². The van der Waals surface area contributed by atoms with Crippen molar-refractivity contribution < 1.29 is 9.13 Å². The Balaban J connectivity index is 2.07. The molecule has 15 heavy (non-hydrogen) atoms. The molecule has 1 aliphatic heterocycles. The van der Waals surface area contributed by atoms with E-state index < -0.39 is 0 Å². The average molecular weight is 207 g/mol. The van der Waals surface area contributed by atoms with Crippen LogP contribution in [0.1, 0.15) is 18.4 Å². The summed E-state index contributed by atoms with van der Waals surface area (Å²) in [6, 6.07) is 4.80. The third-order valence-corrected chi connectivity index (χ3v) is 3.80. The molecule has 1 aromatic carbocycles. The molecule has 0 bridgehead atoms. The van der Waals surface area contributed by atoms with Crippen molar-refractivity contribution in [1.29, 1.82) is 0 Å². The Hall–Kier alpha value is -1.09. The van der Waals surface area contributed by atoms with Gasteiger partial charge in [-0.25, -0.2) is 4.39 Å². The molecule has 0 aromatic heterocycles. The first-order valence-corrected chi connectivity index (χ1v) is 5.39. The summed E-state index contributed by atoms with van der Waals surface area (Å²) in [4.78, 5) is 0. The van der Waals surface area contributed by atoms with E-state index in [0.29, 0.717) is 12.5 Å². The number of fused-ring (bicyclic) bond motifs is 2. The van der Waals surface area contributed by atoms with Gasteiger partial charge in [0.1, 0.15) is 11.6 Å². The Kier molecular flexibility index (Phi) is 1.80. The minimum atomic E-state index is -0.179. The summed E-state index contributed by atoms with van der Waals surface area (Å²) in [6.45, 7) is 1.42. The summed E-state index contributed by atoms with van der Waals surface area (Å²) in [6.07, 6.45) is 2.06. The second-order valence-electron chi connectivity index (χ2n) is 4.53. The van der Waals surface area contributed by atoms with Gasteiger partial charge in [0, 0.05) is 11.0 Å². The molecule has 2 nitrogen and oxygen atoms in total. The van der Waals surface area contributed by atoms with E-state index in [1.54, 1.807) is 12.1 Å². The van der Waals surface area contributed by atoms with Crippen molar-refractivity contribution >= 4 is 0 Å². The van der Waals surface area contributed by atoms with Crippen LogP contribution in [0.4, 0.5) is 4.39 Å². The first-order valence-electron chi connectivity index (χ1n) is 5.39. The maximum atomic E-state index is 13.2. The van der Waals surface area contributed by atoms with E-state index in [1.165, 1.54) is 6.07 Å². The molecular formula is C12H14FNO. The van der Waals surface area contributed by atoms with Gasteiger partial charge in [-0.15, -0.1) is 0 Å². The van der Waals surface area contributed by atoms with E-state index in [1.807, 2.05) is 0 Å². The van der Waals surface area contributed by atoms with Gasteiger partial charge < -0.3 is 10.5 Å². The van der Waals surface area contributed by atoms with Gasteiger partial charge in [0.25, 0.3) is 0 Å². The van der Waals surface area contributed by atoms with Crippen LogP contribution >= 0.6 is 0 Å². The van der Waals surface area contributed by atoms with Crippen LogP contribution < -0.4 is 10.5 Å². The minimum Gasteiger partial charge on any atom is -0.493 e. The van der Waals surface area contributed by atoms with Crippen molar-refractivity contribution in [2.24, 2.45) is 11.7 Å². The van der Waals surface area contributed by atoms with Gasteiger partial charge in [-0.3, -0.25) is 0 Å². The maximum absolute atomic E-state index is 13.2. The first kappa shape index (κ1) is 9.16. The molecule has 3 heteroatoms. The molecule has 1 fully saturated rings. The largest absolute Gasteiger partial charge is 0.493 e. The van der Waals surface area contributed by atoms with Gasteiger partial charge in [0.05, 0.1) is 6.61 Å². The normalized spacial score (nSPS) is 32.3. The molecule has 1 aliphatic carbocycles. The van der Waals surface area contributed by atoms with Crippen LogP contribution in [0.5, 0.6) is 5.75 Å². The fourth-order valence-electron chi connectivity index (χ4n) is 2.82. The molecule has 2 atom stereocenters. The topological polar surface area (TPSA) is 35.2 Å². The van der Waals surface area contributed by atoms with Crippen LogP contribution in [0, 0.1) is 11.7 Å². The molecule has 2 N–H and O–H groups in total. The van der Waals surface area contributed by atoms with E-state index in [9.17, 15) is 4.39 Å². The molecule has 1 spiro atoms. The molecule has 0 radical (unpaired) electrons. The van der Waals surface area contributed by atoms with Crippen LogP contribution in [0.2, 0.25) is 0 Å². The molecule has 2 aliphatic rings. The molecule has 1 aromatic rings. The Morgan fingerprint density at radius 1 is 1.53 bits per heavy atom. The smallest absolute Gasteiger partial charge is 0.123 e. The van der Waals surface area contributed by atoms with Gasteiger partial charge in [-0.05, 0) is 43.5 Å². The van der Waals surface area contributed by atoms with Crippen LogP contribution in [0.15, 0.2) is 18.2 Å². The quantitative estimate of drug-likeness (QED) is 0.762. The van der Waals surface area contributed by atoms with Gasteiger partial charge in [-0.1, -0.05) is 0 Å². The van der Waals surface area contributed by atoms with Crippen molar-refractivity contribution in [2.45, 2.75) is 18.3 Å². The monoisotopic (exact) mass is 207 g/mol. The predicted octanol–water partition coefficient (Wildman–Crippen LogP) is 1.82. The molecule has 80 valence electrons. The average Bonchev–Trinajstić information content (AvgIpc) is 2.94. The summed E-state index contributed by atoms with van der Waals surface area (Å²) >= 11 is 0. The first-order chi connectivity index (χ1) is 7.26. The van der Waals surface area contributed by atoms with Crippen molar-refractivity contribution in [3.05, 3.63) is 29.6 Å². The fraction of sp³-hybridized carbons (Fsp3) is 0.500. The van der Waals surface area contributed by atoms with Crippen LogP contribution in [-0.4, -0.2) is 13.2 Å². The highest BCUT2D eigenvalue weighted by Crippen LogP contribution is 2.60. The lowest BCUT2D eigenvalue weighted by Crippen LogP contribution is -2.24. The second kappa shape index (κ2) is 2.95. The van der Waals surface area contributed by atoms with Gasteiger partial charge in [0.15, 0.2) is 0 Å². The van der Waals surface area contributed by atoms with E-state index >= 15 is 0 Å². The van der Waals surface area contributed by atoms with Crippen molar-refractivity contribution in [2.75, 3.05) is 13.2 Å². The summed E-state index contributed by atoms with van der Waals surface area (Å²) in [7, 11) is 0. The summed E-state index contributed by atoms with van der Waals surface area (Å²) in [5.41, 5.74) is 6.86. The third kappa shape index (κ3) is 1.19. The van der Waals surface area contributed by atoms with Crippen molar-refractivity contribution in [1.82, 2.24) is 0 Å². The number of ether oxygens (including phenoxy) is 1. The van der Waals surface area contributed by atoms with Crippen LogP contribution in [-0.2, 0) is 5.41 Å². The predicted molar refractivity (Wildman–Crippen MR) is 55.4 cm³/mol. The molecule has 0 saturated heterocycles. The lowest BCUT2D eigenvalue weighted by molar-refractivity contribution is 0.253. The van der Waals surface area contributed by atoms with Crippen LogP contribution in [0.3, 0.4) is 0 Å². The van der Waals surface area contributed by atoms with Gasteiger partial charge in [-0.2, -0.15) is 0 Å². The second-order valence-corrected chi connectivity index (χ2v) is 4.53. The van der Waals surface area contributed by atoms with Crippen molar-refractivity contribution in [3.63, 3.8) is 0 Å². The molecule has 0 amide bonds. The van der Waals surface area contributed by atoms with Gasteiger partial charge in [0.2, 0.25) is 0 Å². The van der Waals surface area contributed by atoms with E-state index in [2.05, 4.69) is 0 Å². The standard InChI is InChI=1S/C12H14FNO/c13-9-1-2-11-10(5-9)12(3-4-15-11)6-8(12)7-14/h1-2,5,8H,3-4,6-7,14H2/t8-,12+/m0/s1. The zero-order valence-corrected chi connectivity index (χ0v) is 8.50. The number of hydrogen-bond donors (Lipinski definition) is 1. The highest BCUT2D eigenvalue weighted by molar-refractivity contribution is 5.46. The SMILES string of the molecule is NC[C@@H]1C[C@]12CCOc1ccc(F)cc12. The Morgan fingerprint density at radius 3 is 3.13 bits per heavy atom. The molecule has 1 saturated carbocycles. The fourth-order valence-corrected chi connectivity index (χ4v) is 2.82.